The second kappa shape index (κ2) is 4.05. The van der Waals surface area contributed by atoms with Crippen LogP contribution in [0.2, 0.25) is 0 Å². The minimum Gasteiger partial charge on any atom is -0.259 e. The first-order valence-corrected chi connectivity index (χ1v) is 5.74. The molecule has 0 radical (unpaired) electrons. The van der Waals surface area contributed by atoms with Gasteiger partial charge >= 0.3 is 0 Å². The number of hydrogen-bond acceptors (Lipinski definition) is 1. The zero-order valence-electron chi connectivity index (χ0n) is 8.41. The Labute approximate surface area is 82.6 Å². The van der Waals surface area contributed by atoms with Gasteiger partial charge in [-0.15, -0.1) is 0 Å². The zero-order valence-corrected chi connectivity index (χ0v) is 9.23. The molecule has 1 aromatic carbocycles. The van der Waals surface area contributed by atoms with E-state index in [2.05, 4.69) is 0 Å². The molecule has 0 heterocycles. The summed E-state index contributed by atoms with van der Waals surface area (Å²) in [4.78, 5) is 0. The van der Waals surface area contributed by atoms with E-state index in [-0.39, 0.29) is 4.75 Å². The van der Waals surface area contributed by atoms with Crippen LogP contribution < -0.4 is 0 Å². The Morgan fingerprint density at radius 2 is 1.69 bits per heavy atom. The fourth-order valence-corrected chi connectivity index (χ4v) is 1.87. The van der Waals surface area contributed by atoms with Gasteiger partial charge in [0.1, 0.15) is 0 Å². The maximum Gasteiger partial charge on any atom is 0.0490 e. The lowest BCUT2D eigenvalue weighted by Crippen LogP contribution is -2.22. The van der Waals surface area contributed by atoms with Gasteiger partial charge in [0.25, 0.3) is 0 Å². The molecule has 1 aromatic rings. The van der Waals surface area contributed by atoms with Crippen LogP contribution in [0.1, 0.15) is 26.3 Å². The van der Waals surface area contributed by atoms with Gasteiger partial charge in [-0.3, -0.25) is 4.21 Å². The van der Waals surface area contributed by atoms with Crippen LogP contribution >= 0.6 is 0 Å². The van der Waals surface area contributed by atoms with E-state index < -0.39 is 10.8 Å². The summed E-state index contributed by atoms with van der Waals surface area (Å²) in [5.74, 6) is 0.657. The second-order valence-corrected chi connectivity index (χ2v) is 6.29. The van der Waals surface area contributed by atoms with Crippen molar-refractivity contribution in [3.8, 4) is 0 Å². The maximum absolute atomic E-state index is 11.7. The third kappa shape index (κ3) is 3.31. The van der Waals surface area contributed by atoms with Crippen molar-refractivity contribution in [1.82, 2.24) is 0 Å². The molecule has 72 valence electrons. The van der Waals surface area contributed by atoms with Crippen LogP contribution in [-0.4, -0.2) is 8.96 Å². The van der Waals surface area contributed by atoms with E-state index in [1.54, 1.807) is 0 Å². The van der Waals surface area contributed by atoms with Gasteiger partial charge in [0, 0.05) is 21.3 Å². The maximum atomic E-state index is 11.7. The molecule has 0 amide bonds. The lowest BCUT2D eigenvalue weighted by atomic mass is 10.2. The predicted octanol–water partition coefficient (Wildman–Crippen LogP) is 2.73. The van der Waals surface area contributed by atoms with E-state index in [1.807, 2.05) is 51.1 Å². The van der Waals surface area contributed by atoms with Gasteiger partial charge < -0.3 is 0 Å². The molecule has 0 spiro atoms. The molecule has 1 unspecified atom stereocenters. The van der Waals surface area contributed by atoms with Crippen LogP contribution in [0.5, 0.6) is 0 Å². The van der Waals surface area contributed by atoms with Crippen molar-refractivity contribution in [3.63, 3.8) is 0 Å². The summed E-state index contributed by atoms with van der Waals surface area (Å²) in [6, 6.07) is 9.97. The Morgan fingerprint density at radius 3 is 2.15 bits per heavy atom. The highest BCUT2D eigenvalue weighted by Gasteiger charge is 2.18. The highest BCUT2D eigenvalue weighted by molar-refractivity contribution is 7.85. The van der Waals surface area contributed by atoms with Gasteiger partial charge in [-0.2, -0.15) is 0 Å². The summed E-state index contributed by atoms with van der Waals surface area (Å²) in [5, 5.41) is 0. The highest BCUT2D eigenvalue weighted by atomic mass is 32.2. The number of rotatable bonds is 2. The SMILES string of the molecule is CC(C)(C)S(=O)Cc1ccccc1. The van der Waals surface area contributed by atoms with E-state index in [1.165, 1.54) is 0 Å². The van der Waals surface area contributed by atoms with Crippen molar-refractivity contribution in [1.29, 1.82) is 0 Å². The van der Waals surface area contributed by atoms with E-state index >= 15 is 0 Å². The molecule has 2 heteroatoms. The van der Waals surface area contributed by atoms with E-state index in [9.17, 15) is 4.21 Å². The summed E-state index contributed by atoms with van der Waals surface area (Å²) in [6.45, 7) is 6.02. The molecule has 0 saturated carbocycles. The van der Waals surface area contributed by atoms with E-state index in [0.717, 1.165) is 5.56 Å². The fourth-order valence-electron chi connectivity index (χ4n) is 0.942. The van der Waals surface area contributed by atoms with E-state index in [0.29, 0.717) is 5.75 Å². The van der Waals surface area contributed by atoms with Crippen molar-refractivity contribution in [3.05, 3.63) is 35.9 Å². The first-order chi connectivity index (χ1) is 6.00. The third-order valence-electron chi connectivity index (χ3n) is 1.82. The molecule has 1 rings (SSSR count). The predicted molar refractivity (Wildman–Crippen MR) is 58.0 cm³/mol. The quantitative estimate of drug-likeness (QED) is 0.711. The molecule has 0 aliphatic rings. The molecule has 0 bridgehead atoms. The van der Waals surface area contributed by atoms with Gasteiger partial charge in [0.15, 0.2) is 0 Å². The molecule has 0 aromatic heterocycles. The van der Waals surface area contributed by atoms with Crippen molar-refractivity contribution in [2.75, 3.05) is 0 Å². The average Bonchev–Trinajstić information content (AvgIpc) is 2.04. The van der Waals surface area contributed by atoms with Crippen molar-refractivity contribution >= 4 is 10.8 Å². The van der Waals surface area contributed by atoms with Gasteiger partial charge in [0.05, 0.1) is 0 Å². The largest absolute Gasteiger partial charge is 0.259 e. The van der Waals surface area contributed by atoms with Gasteiger partial charge in [-0.05, 0) is 26.3 Å². The smallest absolute Gasteiger partial charge is 0.0490 e. The standard InChI is InChI=1S/C11H16OS/c1-11(2,3)13(12)9-10-7-5-4-6-8-10/h4-8H,9H2,1-3H3. The molecule has 1 atom stereocenters. The highest BCUT2D eigenvalue weighted by Crippen LogP contribution is 2.15. The Kier molecular flexibility index (Phi) is 3.26. The Bertz CT molecular complexity index is 285. The number of hydrogen-bond donors (Lipinski definition) is 0. The first-order valence-electron chi connectivity index (χ1n) is 4.42. The molecule has 1 nitrogen and oxygen atoms in total. The van der Waals surface area contributed by atoms with Crippen LogP contribution in [0.25, 0.3) is 0 Å². The van der Waals surface area contributed by atoms with Crippen molar-refractivity contribution < 1.29 is 4.21 Å². The Hall–Kier alpha value is -0.630. The minimum absolute atomic E-state index is 0.115. The molecular weight excluding hydrogens is 180 g/mol. The zero-order chi connectivity index (χ0) is 9.90. The monoisotopic (exact) mass is 196 g/mol. The van der Waals surface area contributed by atoms with Crippen LogP contribution in [0.4, 0.5) is 0 Å². The molecule has 13 heavy (non-hydrogen) atoms. The fraction of sp³-hybridized carbons (Fsp3) is 0.455. The van der Waals surface area contributed by atoms with Gasteiger partial charge in [0.2, 0.25) is 0 Å². The normalized spacial score (nSPS) is 14.1. The minimum atomic E-state index is -0.788. The molecule has 0 aliphatic carbocycles. The molecular formula is C11H16OS. The molecule has 0 N–H and O–H groups in total. The van der Waals surface area contributed by atoms with Gasteiger partial charge in [-0.25, -0.2) is 0 Å². The lowest BCUT2D eigenvalue weighted by Gasteiger charge is -2.17. The summed E-state index contributed by atoms with van der Waals surface area (Å²) in [6.07, 6.45) is 0. The summed E-state index contributed by atoms with van der Waals surface area (Å²) in [7, 11) is -0.788. The van der Waals surface area contributed by atoms with E-state index in [4.69, 9.17) is 0 Å². The summed E-state index contributed by atoms with van der Waals surface area (Å²) >= 11 is 0. The lowest BCUT2D eigenvalue weighted by molar-refractivity contribution is 0.648. The summed E-state index contributed by atoms with van der Waals surface area (Å²) < 4.78 is 11.6. The summed E-state index contributed by atoms with van der Waals surface area (Å²) in [5.41, 5.74) is 1.15. The van der Waals surface area contributed by atoms with Crippen molar-refractivity contribution in [2.45, 2.75) is 31.3 Å². The van der Waals surface area contributed by atoms with Crippen molar-refractivity contribution in [2.24, 2.45) is 0 Å². The second-order valence-electron chi connectivity index (χ2n) is 4.09. The topological polar surface area (TPSA) is 17.1 Å². The van der Waals surface area contributed by atoms with Crippen LogP contribution in [0, 0.1) is 0 Å². The molecule has 0 aliphatic heterocycles. The van der Waals surface area contributed by atoms with Crippen LogP contribution in [0.3, 0.4) is 0 Å². The molecule has 0 saturated heterocycles. The number of benzene rings is 1. The average molecular weight is 196 g/mol. The Morgan fingerprint density at radius 1 is 1.15 bits per heavy atom. The molecule has 0 fully saturated rings. The first kappa shape index (κ1) is 10.5. The van der Waals surface area contributed by atoms with Crippen LogP contribution in [-0.2, 0) is 16.6 Å². The van der Waals surface area contributed by atoms with Crippen LogP contribution in [0.15, 0.2) is 30.3 Å². The van der Waals surface area contributed by atoms with Gasteiger partial charge in [-0.1, -0.05) is 30.3 Å². The Balaban J connectivity index is 2.66. The third-order valence-corrected chi connectivity index (χ3v) is 3.79.